The molecular formula is C16H22ClNO2S. The van der Waals surface area contributed by atoms with Crippen molar-refractivity contribution in [2.75, 3.05) is 18.8 Å². The highest BCUT2D eigenvalue weighted by Crippen LogP contribution is 2.23. The molecular weight excluding hydrogens is 306 g/mol. The van der Waals surface area contributed by atoms with E-state index in [4.69, 9.17) is 11.6 Å². The summed E-state index contributed by atoms with van der Waals surface area (Å²) in [5, 5.41) is 10.6. The first kappa shape index (κ1) is 16.7. The van der Waals surface area contributed by atoms with Crippen LogP contribution >= 0.6 is 23.4 Å². The molecule has 1 aliphatic heterocycles. The number of hydrogen-bond acceptors (Lipinski definition) is 3. The summed E-state index contributed by atoms with van der Waals surface area (Å²) >= 11 is 7.59. The Kier molecular flexibility index (Phi) is 5.97. The Morgan fingerprint density at radius 2 is 1.95 bits per heavy atom. The van der Waals surface area contributed by atoms with Gasteiger partial charge in [0.2, 0.25) is 5.91 Å². The highest BCUT2D eigenvalue weighted by molar-refractivity contribution is 7.99. The minimum atomic E-state index is -0.596. The smallest absolute Gasteiger partial charge is 0.222 e. The Morgan fingerprint density at radius 1 is 1.33 bits per heavy atom. The van der Waals surface area contributed by atoms with Crippen LogP contribution < -0.4 is 0 Å². The Bertz CT molecular complexity index is 466. The van der Waals surface area contributed by atoms with E-state index >= 15 is 0 Å². The lowest BCUT2D eigenvalue weighted by molar-refractivity contribution is -0.134. The molecule has 0 saturated carbocycles. The number of aliphatic hydroxyl groups is 1. The molecule has 1 N–H and O–H groups in total. The fraction of sp³-hybridized carbons (Fsp3) is 0.562. The molecule has 1 aliphatic rings. The van der Waals surface area contributed by atoms with Gasteiger partial charge in [0.1, 0.15) is 0 Å². The van der Waals surface area contributed by atoms with E-state index in [0.29, 0.717) is 32.4 Å². The van der Waals surface area contributed by atoms with Gasteiger partial charge in [0.15, 0.2) is 0 Å². The molecule has 1 heterocycles. The van der Waals surface area contributed by atoms with E-state index in [-0.39, 0.29) is 5.91 Å². The third kappa shape index (κ3) is 5.53. The van der Waals surface area contributed by atoms with Crippen LogP contribution in [0.25, 0.3) is 0 Å². The monoisotopic (exact) mass is 327 g/mol. The fourth-order valence-corrected chi connectivity index (χ4v) is 3.32. The quantitative estimate of drug-likeness (QED) is 0.663. The highest BCUT2D eigenvalue weighted by atomic mass is 35.5. The maximum Gasteiger partial charge on any atom is 0.222 e. The molecule has 0 radical (unpaired) electrons. The van der Waals surface area contributed by atoms with Gasteiger partial charge in [0.05, 0.1) is 5.60 Å². The SMILES string of the molecule is CC1(O)CCN(C(=O)CCCSc2ccc(Cl)cc2)CC1. The van der Waals surface area contributed by atoms with Gasteiger partial charge in [0, 0.05) is 29.4 Å². The van der Waals surface area contributed by atoms with Crippen LogP contribution in [0.3, 0.4) is 0 Å². The number of thioether (sulfide) groups is 1. The molecule has 0 atom stereocenters. The van der Waals surface area contributed by atoms with Crippen LogP contribution in [0.1, 0.15) is 32.6 Å². The van der Waals surface area contributed by atoms with E-state index in [1.54, 1.807) is 11.8 Å². The Morgan fingerprint density at radius 3 is 2.57 bits per heavy atom. The van der Waals surface area contributed by atoms with Crippen molar-refractivity contribution in [3.63, 3.8) is 0 Å². The Labute approximate surface area is 135 Å². The van der Waals surface area contributed by atoms with Gasteiger partial charge in [-0.1, -0.05) is 11.6 Å². The molecule has 1 amide bonds. The molecule has 0 unspecified atom stereocenters. The molecule has 1 aromatic carbocycles. The largest absolute Gasteiger partial charge is 0.390 e. The Balaban J connectivity index is 1.64. The molecule has 3 nitrogen and oxygen atoms in total. The van der Waals surface area contributed by atoms with Crippen molar-refractivity contribution in [1.29, 1.82) is 0 Å². The van der Waals surface area contributed by atoms with E-state index in [2.05, 4.69) is 0 Å². The highest BCUT2D eigenvalue weighted by Gasteiger charge is 2.29. The number of amides is 1. The number of likely N-dealkylation sites (tertiary alicyclic amines) is 1. The number of rotatable bonds is 5. The van der Waals surface area contributed by atoms with Crippen molar-refractivity contribution in [2.24, 2.45) is 0 Å². The second-order valence-corrected chi connectivity index (χ2v) is 7.39. The molecule has 0 bridgehead atoms. The lowest BCUT2D eigenvalue weighted by Crippen LogP contribution is -2.45. The van der Waals surface area contributed by atoms with E-state index in [1.165, 1.54) is 4.90 Å². The van der Waals surface area contributed by atoms with Crippen molar-refractivity contribution in [2.45, 2.75) is 43.1 Å². The summed E-state index contributed by atoms with van der Waals surface area (Å²) in [6.07, 6.45) is 2.82. The molecule has 1 fully saturated rings. The first-order valence-corrected chi connectivity index (χ1v) is 8.71. The number of carbonyl (C=O) groups is 1. The normalized spacial score (nSPS) is 17.8. The minimum Gasteiger partial charge on any atom is -0.390 e. The number of hydrogen-bond donors (Lipinski definition) is 1. The summed E-state index contributed by atoms with van der Waals surface area (Å²) in [5.74, 6) is 1.14. The number of nitrogens with zero attached hydrogens (tertiary/aromatic N) is 1. The molecule has 0 aromatic heterocycles. The van der Waals surface area contributed by atoms with Crippen LogP contribution in [0.4, 0.5) is 0 Å². The van der Waals surface area contributed by atoms with Crippen molar-refractivity contribution >= 4 is 29.3 Å². The average molecular weight is 328 g/mol. The van der Waals surface area contributed by atoms with Gasteiger partial charge in [0.25, 0.3) is 0 Å². The third-order valence-corrected chi connectivity index (χ3v) is 5.16. The zero-order chi connectivity index (χ0) is 15.3. The topological polar surface area (TPSA) is 40.5 Å². The molecule has 1 aromatic rings. The molecule has 0 aliphatic carbocycles. The molecule has 1 saturated heterocycles. The van der Waals surface area contributed by atoms with Crippen LogP contribution in [-0.4, -0.2) is 40.4 Å². The van der Waals surface area contributed by atoms with E-state index in [1.807, 2.05) is 36.1 Å². The first-order chi connectivity index (χ1) is 9.96. The number of carbonyl (C=O) groups excluding carboxylic acids is 1. The molecule has 0 spiro atoms. The average Bonchev–Trinajstić information content (AvgIpc) is 2.45. The van der Waals surface area contributed by atoms with Gasteiger partial charge in [-0.2, -0.15) is 0 Å². The summed E-state index contributed by atoms with van der Waals surface area (Å²) in [6, 6.07) is 7.77. The molecule has 5 heteroatoms. The first-order valence-electron chi connectivity index (χ1n) is 7.35. The minimum absolute atomic E-state index is 0.210. The lowest BCUT2D eigenvalue weighted by atomic mass is 9.94. The number of piperidine rings is 1. The van der Waals surface area contributed by atoms with E-state index in [9.17, 15) is 9.90 Å². The summed E-state index contributed by atoms with van der Waals surface area (Å²) in [5.41, 5.74) is -0.596. The summed E-state index contributed by atoms with van der Waals surface area (Å²) in [4.78, 5) is 15.1. The van der Waals surface area contributed by atoms with Crippen molar-refractivity contribution in [1.82, 2.24) is 4.90 Å². The third-order valence-electron chi connectivity index (χ3n) is 3.81. The van der Waals surface area contributed by atoms with Gasteiger partial charge in [-0.3, -0.25) is 4.79 Å². The maximum atomic E-state index is 12.1. The van der Waals surface area contributed by atoms with Gasteiger partial charge in [-0.25, -0.2) is 0 Å². The second kappa shape index (κ2) is 7.52. The van der Waals surface area contributed by atoms with Gasteiger partial charge >= 0.3 is 0 Å². The van der Waals surface area contributed by atoms with Crippen molar-refractivity contribution in [3.05, 3.63) is 29.3 Å². The van der Waals surface area contributed by atoms with Gasteiger partial charge < -0.3 is 10.0 Å². The van der Waals surface area contributed by atoms with Gasteiger partial charge in [-0.15, -0.1) is 11.8 Å². The van der Waals surface area contributed by atoms with E-state index < -0.39 is 5.60 Å². The number of halogens is 1. The summed E-state index contributed by atoms with van der Waals surface area (Å²) in [6.45, 7) is 3.20. The summed E-state index contributed by atoms with van der Waals surface area (Å²) < 4.78 is 0. The van der Waals surface area contributed by atoms with Crippen LogP contribution in [-0.2, 0) is 4.79 Å². The van der Waals surface area contributed by atoms with Gasteiger partial charge in [-0.05, 0) is 56.2 Å². The van der Waals surface area contributed by atoms with E-state index in [0.717, 1.165) is 17.2 Å². The molecule has 116 valence electrons. The maximum absolute atomic E-state index is 12.1. The predicted octanol–water partition coefficient (Wildman–Crippen LogP) is 3.59. The van der Waals surface area contributed by atoms with Crippen LogP contribution in [0.5, 0.6) is 0 Å². The Hall–Kier alpha value is -0.710. The summed E-state index contributed by atoms with van der Waals surface area (Å²) in [7, 11) is 0. The van der Waals surface area contributed by atoms with Crippen LogP contribution in [0, 0.1) is 0 Å². The standard InChI is InChI=1S/C16H22ClNO2S/c1-16(20)8-10-18(11-9-16)15(19)3-2-12-21-14-6-4-13(17)5-7-14/h4-7,20H,2-3,8-12H2,1H3. The zero-order valence-corrected chi connectivity index (χ0v) is 13.9. The number of benzene rings is 1. The van der Waals surface area contributed by atoms with Crippen LogP contribution in [0.2, 0.25) is 5.02 Å². The molecule has 21 heavy (non-hydrogen) atoms. The predicted molar refractivity (Wildman–Crippen MR) is 87.8 cm³/mol. The zero-order valence-electron chi connectivity index (χ0n) is 12.3. The lowest BCUT2D eigenvalue weighted by Gasteiger charge is -2.35. The van der Waals surface area contributed by atoms with Crippen molar-refractivity contribution < 1.29 is 9.90 Å². The second-order valence-electron chi connectivity index (χ2n) is 5.78. The molecule has 2 rings (SSSR count). The van der Waals surface area contributed by atoms with Crippen LogP contribution in [0.15, 0.2) is 29.2 Å². The fourth-order valence-electron chi connectivity index (χ4n) is 2.34. The van der Waals surface area contributed by atoms with Crippen molar-refractivity contribution in [3.8, 4) is 0 Å².